The summed E-state index contributed by atoms with van der Waals surface area (Å²) in [5, 5.41) is 2.89. The summed E-state index contributed by atoms with van der Waals surface area (Å²) >= 11 is 0. The maximum Gasteiger partial charge on any atom is 0.226 e. The van der Waals surface area contributed by atoms with Gasteiger partial charge in [-0.15, -0.1) is 0 Å². The van der Waals surface area contributed by atoms with Crippen LogP contribution in [0.3, 0.4) is 0 Å². The van der Waals surface area contributed by atoms with Crippen LogP contribution in [0.1, 0.15) is 37.4 Å². The number of carbonyl (C=O) groups excluding carboxylic acids is 1. The van der Waals surface area contributed by atoms with Crippen LogP contribution in [0.25, 0.3) is 0 Å². The standard InChI is InChI=1S/C19H24N2O2/c1-13(2)23-18-10-9-16(11-14(18)3)21-19(22)12-17(20)15-7-5-4-6-8-15/h4-11,13,17H,12,20H2,1-3H3,(H,21,22). The van der Waals surface area contributed by atoms with Crippen molar-refractivity contribution in [1.82, 2.24) is 0 Å². The van der Waals surface area contributed by atoms with E-state index in [0.29, 0.717) is 0 Å². The lowest BCUT2D eigenvalue weighted by Crippen LogP contribution is -2.20. The minimum absolute atomic E-state index is 0.0988. The molecular weight excluding hydrogens is 288 g/mol. The molecular formula is C19H24N2O2. The average Bonchev–Trinajstić information content (AvgIpc) is 2.50. The Morgan fingerprint density at radius 2 is 1.87 bits per heavy atom. The molecule has 122 valence electrons. The second kappa shape index (κ2) is 7.79. The summed E-state index contributed by atoms with van der Waals surface area (Å²) in [6, 6.07) is 15.0. The van der Waals surface area contributed by atoms with Gasteiger partial charge in [0, 0.05) is 18.2 Å². The second-order valence-electron chi connectivity index (χ2n) is 5.92. The highest BCUT2D eigenvalue weighted by molar-refractivity contribution is 5.91. The molecule has 0 aliphatic rings. The molecule has 23 heavy (non-hydrogen) atoms. The van der Waals surface area contributed by atoms with Crippen molar-refractivity contribution in [3.63, 3.8) is 0 Å². The van der Waals surface area contributed by atoms with Gasteiger partial charge < -0.3 is 15.8 Å². The molecule has 0 spiro atoms. The fourth-order valence-electron chi connectivity index (χ4n) is 2.34. The number of aryl methyl sites for hydroxylation is 1. The van der Waals surface area contributed by atoms with Gasteiger partial charge in [-0.05, 0) is 50.1 Å². The van der Waals surface area contributed by atoms with Crippen molar-refractivity contribution in [2.24, 2.45) is 5.73 Å². The minimum Gasteiger partial charge on any atom is -0.491 e. The van der Waals surface area contributed by atoms with Crippen molar-refractivity contribution in [1.29, 1.82) is 0 Å². The predicted octanol–water partition coefficient (Wildman–Crippen LogP) is 3.81. The van der Waals surface area contributed by atoms with Gasteiger partial charge in [0.15, 0.2) is 0 Å². The van der Waals surface area contributed by atoms with E-state index < -0.39 is 0 Å². The molecule has 0 aliphatic carbocycles. The Morgan fingerprint density at radius 3 is 2.48 bits per heavy atom. The number of ether oxygens (including phenoxy) is 1. The normalized spacial score (nSPS) is 12.0. The number of rotatable bonds is 6. The number of benzene rings is 2. The molecule has 4 nitrogen and oxygen atoms in total. The number of nitrogens with two attached hydrogens (primary N) is 1. The van der Waals surface area contributed by atoms with Crippen molar-refractivity contribution in [3.05, 3.63) is 59.7 Å². The zero-order valence-corrected chi connectivity index (χ0v) is 13.9. The molecule has 0 aliphatic heterocycles. The van der Waals surface area contributed by atoms with Gasteiger partial charge in [0.1, 0.15) is 5.75 Å². The van der Waals surface area contributed by atoms with E-state index in [9.17, 15) is 4.79 Å². The van der Waals surface area contributed by atoms with E-state index >= 15 is 0 Å². The van der Waals surface area contributed by atoms with Crippen molar-refractivity contribution in [3.8, 4) is 5.75 Å². The molecule has 0 aromatic heterocycles. The van der Waals surface area contributed by atoms with Gasteiger partial charge >= 0.3 is 0 Å². The van der Waals surface area contributed by atoms with Crippen molar-refractivity contribution >= 4 is 11.6 Å². The van der Waals surface area contributed by atoms with Crippen LogP contribution in [-0.4, -0.2) is 12.0 Å². The average molecular weight is 312 g/mol. The third-order valence-electron chi connectivity index (χ3n) is 3.45. The molecule has 4 heteroatoms. The van der Waals surface area contributed by atoms with Crippen molar-refractivity contribution < 1.29 is 9.53 Å². The van der Waals surface area contributed by atoms with Gasteiger partial charge in [-0.1, -0.05) is 30.3 Å². The van der Waals surface area contributed by atoms with E-state index in [1.165, 1.54) is 0 Å². The lowest BCUT2D eigenvalue weighted by Gasteiger charge is -2.15. The Balaban J connectivity index is 1.96. The highest BCUT2D eigenvalue weighted by Gasteiger charge is 2.12. The summed E-state index contributed by atoms with van der Waals surface area (Å²) in [5.41, 5.74) is 8.78. The fourth-order valence-corrected chi connectivity index (χ4v) is 2.34. The molecule has 0 heterocycles. The first kappa shape index (κ1) is 17.0. The summed E-state index contributed by atoms with van der Waals surface area (Å²) < 4.78 is 5.69. The monoisotopic (exact) mass is 312 g/mol. The van der Waals surface area contributed by atoms with Crippen LogP contribution in [0.5, 0.6) is 5.75 Å². The number of anilines is 1. The summed E-state index contributed by atoms with van der Waals surface area (Å²) in [5.74, 6) is 0.734. The van der Waals surface area contributed by atoms with Crippen LogP contribution >= 0.6 is 0 Å². The van der Waals surface area contributed by atoms with Crippen LogP contribution in [-0.2, 0) is 4.79 Å². The molecule has 2 aromatic carbocycles. The Morgan fingerprint density at radius 1 is 1.17 bits per heavy atom. The van der Waals surface area contributed by atoms with Crippen LogP contribution in [0.15, 0.2) is 48.5 Å². The second-order valence-corrected chi connectivity index (χ2v) is 5.92. The highest BCUT2D eigenvalue weighted by Crippen LogP contribution is 2.23. The first-order valence-electron chi connectivity index (χ1n) is 7.83. The largest absolute Gasteiger partial charge is 0.491 e. The van der Waals surface area contributed by atoms with E-state index in [0.717, 1.165) is 22.6 Å². The van der Waals surface area contributed by atoms with Crippen LogP contribution in [0.4, 0.5) is 5.69 Å². The summed E-state index contributed by atoms with van der Waals surface area (Å²) in [4.78, 5) is 12.1. The number of carbonyl (C=O) groups is 1. The van der Waals surface area contributed by atoms with Gasteiger partial charge in [-0.2, -0.15) is 0 Å². The molecule has 0 saturated carbocycles. The Labute approximate surface area is 137 Å². The fraction of sp³-hybridized carbons (Fsp3) is 0.316. The summed E-state index contributed by atoms with van der Waals surface area (Å²) in [7, 11) is 0. The third-order valence-corrected chi connectivity index (χ3v) is 3.45. The first-order valence-corrected chi connectivity index (χ1v) is 7.83. The van der Waals surface area contributed by atoms with Crippen LogP contribution < -0.4 is 15.8 Å². The molecule has 0 fully saturated rings. The van der Waals surface area contributed by atoms with Gasteiger partial charge in [-0.3, -0.25) is 4.79 Å². The Bertz CT molecular complexity index is 654. The third kappa shape index (κ3) is 5.11. The molecule has 2 rings (SSSR count). The van der Waals surface area contributed by atoms with E-state index in [1.807, 2.05) is 69.3 Å². The molecule has 0 bridgehead atoms. The number of hydrogen-bond donors (Lipinski definition) is 2. The Hall–Kier alpha value is -2.33. The van der Waals surface area contributed by atoms with E-state index in [-0.39, 0.29) is 24.5 Å². The molecule has 1 atom stereocenters. The van der Waals surface area contributed by atoms with Crippen LogP contribution in [0.2, 0.25) is 0 Å². The first-order chi connectivity index (χ1) is 11.0. The maximum atomic E-state index is 12.1. The molecule has 1 unspecified atom stereocenters. The molecule has 0 saturated heterocycles. The van der Waals surface area contributed by atoms with Gasteiger partial charge in [0.25, 0.3) is 0 Å². The zero-order valence-electron chi connectivity index (χ0n) is 13.9. The molecule has 0 radical (unpaired) electrons. The molecule has 2 aromatic rings. The minimum atomic E-state index is -0.305. The summed E-state index contributed by atoms with van der Waals surface area (Å²) in [6.07, 6.45) is 0.367. The van der Waals surface area contributed by atoms with Gasteiger partial charge in [0.2, 0.25) is 5.91 Å². The molecule has 3 N–H and O–H groups in total. The Kier molecular flexibility index (Phi) is 5.77. The molecule has 1 amide bonds. The highest BCUT2D eigenvalue weighted by atomic mass is 16.5. The topological polar surface area (TPSA) is 64.4 Å². The SMILES string of the molecule is Cc1cc(NC(=O)CC(N)c2ccccc2)ccc1OC(C)C. The smallest absolute Gasteiger partial charge is 0.226 e. The number of amides is 1. The predicted molar refractivity (Wildman–Crippen MR) is 93.6 cm³/mol. The maximum absolute atomic E-state index is 12.1. The number of nitrogens with one attached hydrogen (secondary N) is 1. The van der Waals surface area contributed by atoms with Crippen molar-refractivity contribution in [2.45, 2.75) is 39.3 Å². The summed E-state index contributed by atoms with van der Waals surface area (Å²) in [6.45, 7) is 5.93. The van der Waals surface area contributed by atoms with Gasteiger partial charge in [0.05, 0.1) is 6.10 Å². The van der Waals surface area contributed by atoms with E-state index in [2.05, 4.69) is 5.32 Å². The van der Waals surface area contributed by atoms with E-state index in [4.69, 9.17) is 10.5 Å². The van der Waals surface area contributed by atoms with Gasteiger partial charge in [-0.25, -0.2) is 0 Å². The lowest BCUT2D eigenvalue weighted by molar-refractivity contribution is -0.116. The quantitative estimate of drug-likeness (QED) is 0.852. The van der Waals surface area contributed by atoms with Crippen molar-refractivity contribution in [2.75, 3.05) is 5.32 Å². The lowest BCUT2D eigenvalue weighted by atomic mass is 10.0. The number of hydrogen-bond acceptors (Lipinski definition) is 3. The zero-order chi connectivity index (χ0) is 16.8. The van der Waals surface area contributed by atoms with Crippen LogP contribution in [0, 0.1) is 6.92 Å². The van der Waals surface area contributed by atoms with E-state index in [1.54, 1.807) is 0 Å².